The molecule has 1 fully saturated rings. The second-order valence-corrected chi connectivity index (χ2v) is 12.4. The van der Waals surface area contributed by atoms with E-state index in [0.717, 1.165) is 53.4 Å². The smallest absolute Gasteiger partial charge is 0.406 e. The van der Waals surface area contributed by atoms with Gasteiger partial charge in [0.15, 0.2) is 11.0 Å². The van der Waals surface area contributed by atoms with Gasteiger partial charge in [0.05, 0.1) is 5.69 Å². The van der Waals surface area contributed by atoms with E-state index in [9.17, 15) is 18.0 Å². The topological polar surface area (TPSA) is 72.6 Å². The zero-order valence-corrected chi connectivity index (χ0v) is 26.3. The molecule has 0 aliphatic carbocycles. The molecule has 3 aromatic carbocycles. The van der Waals surface area contributed by atoms with E-state index in [-0.39, 0.29) is 17.7 Å². The summed E-state index contributed by atoms with van der Waals surface area (Å²) in [5.74, 6) is 1.44. The molecule has 0 radical (unpaired) electrons. The van der Waals surface area contributed by atoms with Crippen molar-refractivity contribution in [2.24, 2.45) is 4.99 Å². The largest absolute Gasteiger partial charge is 0.573 e. The second kappa shape index (κ2) is 14.3. The molecule has 236 valence electrons. The van der Waals surface area contributed by atoms with Gasteiger partial charge in [-0.3, -0.25) is 4.79 Å². The third-order valence-electron chi connectivity index (χ3n) is 7.60. The number of aryl methyl sites for hydroxylation is 1. The number of amidine groups is 1. The van der Waals surface area contributed by atoms with Crippen molar-refractivity contribution in [1.82, 2.24) is 14.8 Å². The van der Waals surface area contributed by atoms with E-state index in [1.807, 2.05) is 30.3 Å². The lowest BCUT2D eigenvalue weighted by Gasteiger charge is -2.37. The van der Waals surface area contributed by atoms with Crippen molar-refractivity contribution < 1.29 is 22.7 Å². The maximum Gasteiger partial charge on any atom is 0.573 e. The van der Waals surface area contributed by atoms with E-state index < -0.39 is 6.36 Å². The summed E-state index contributed by atoms with van der Waals surface area (Å²) < 4.78 is 42.7. The van der Waals surface area contributed by atoms with Crippen LogP contribution in [0.15, 0.2) is 84.1 Å². The maximum atomic E-state index is 12.9. The Bertz CT molecular complexity index is 1620. The first kappa shape index (κ1) is 32.3. The monoisotopic (exact) mass is 635 g/mol. The van der Waals surface area contributed by atoms with Gasteiger partial charge >= 0.3 is 6.36 Å². The number of unbranched alkanes of at least 4 members (excludes halogenated alkanes) is 1. The van der Waals surface area contributed by atoms with Crippen LogP contribution in [0.5, 0.6) is 5.75 Å². The molecule has 1 aliphatic heterocycles. The number of aromatic nitrogens is 3. The third kappa shape index (κ3) is 8.54. The Morgan fingerprint density at radius 1 is 1.04 bits per heavy atom. The average molecular weight is 636 g/mol. The number of carbonyl (C=O) groups is 1. The summed E-state index contributed by atoms with van der Waals surface area (Å²) in [6, 6.07) is 22.0. The second-order valence-electron chi connectivity index (χ2n) is 11.3. The number of benzene rings is 3. The van der Waals surface area contributed by atoms with Crippen molar-refractivity contribution >= 4 is 28.5 Å². The first-order valence-corrected chi connectivity index (χ1v) is 16.1. The Balaban J connectivity index is 1.13. The van der Waals surface area contributed by atoms with Crippen LogP contribution in [0.25, 0.3) is 17.1 Å². The Morgan fingerprint density at radius 3 is 2.49 bits per heavy atom. The quantitative estimate of drug-likeness (QED) is 0.163. The number of thioether (sulfide) groups is 1. The molecule has 1 unspecified atom stereocenters. The van der Waals surface area contributed by atoms with Gasteiger partial charge < -0.3 is 9.64 Å². The molecule has 0 N–H and O–H groups in total. The molecule has 1 atom stereocenters. The predicted molar refractivity (Wildman–Crippen MR) is 173 cm³/mol. The predicted octanol–water partition coefficient (Wildman–Crippen LogP) is 8.58. The van der Waals surface area contributed by atoms with Crippen LogP contribution in [-0.4, -0.2) is 44.0 Å². The summed E-state index contributed by atoms with van der Waals surface area (Å²) >= 11 is 1.66. The molecule has 0 saturated carbocycles. The molecular weight excluding hydrogens is 599 g/mol. The highest BCUT2D eigenvalue weighted by atomic mass is 32.2. The third-order valence-corrected chi connectivity index (χ3v) is 8.58. The van der Waals surface area contributed by atoms with Gasteiger partial charge in [0.2, 0.25) is 5.91 Å². The van der Waals surface area contributed by atoms with Crippen LogP contribution in [0.4, 0.5) is 18.9 Å². The van der Waals surface area contributed by atoms with Crippen molar-refractivity contribution in [2.75, 3.05) is 10.7 Å². The fourth-order valence-electron chi connectivity index (χ4n) is 5.24. The SMILES string of the molecule is CC(C)c1ccccc1N1C(=NC(=O)CCCCc2ccc(-c3ncn(-c4ccc(OC(F)(F)F)cc4)n3)cc2)SCCC1C. The van der Waals surface area contributed by atoms with Crippen molar-refractivity contribution in [3.8, 4) is 22.8 Å². The van der Waals surface area contributed by atoms with E-state index >= 15 is 0 Å². The molecule has 7 nitrogen and oxygen atoms in total. The molecule has 0 bridgehead atoms. The summed E-state index contributed by atoms with van der Waals surface area (Å²) in [4.78, 5) is 24.1. The molecule has 2 heterocycles. The van der Waals surface area contributed by atoms with Gasteiger partial charge in [-0.1, -0.05) is 68.1 Å². The lowest BCUT2D eigenvalue weighted by atomic mass is 9.99. The number of para-hydroxylation sites is 1. The number of aliphatic imine (C=N–C) groups is 1. The van der Waals surface area contributed by atoms with Crippen molar-refractivity contribution in [3.05, 3.63) is 90.3 Å². The van der Waals surface area contributed by atoms with Crippen molar-refractivity contribution in [3.63, 3.8) is 0 Å². The molecule has 1 amide bonds. The normalized spacial score (nSPS) is 16.4. The molecule has 0 spiro atoms. The molecule has 45 heavy (non-hydrogen) atoms. The maximum absolute atomic E-state index is 12.9. The Morgan fingerprint density at radius 2 is 1.78 bits per heavy atom. The van der Waals surface area contributed by atoms with Gasteiger partial charge in [-0.05, 0) is 80.0 Å². The lowest BCUT2D eigenvalue weighted by Crippen LogP contribution is -2.42. The highest BCUT2D eigenvalue weighted by Crippen LogP contribution is 2.35. The summed E-state index contributed by atoms with van der Waals surface area (Å²) in [5.41, 5.74) is 4.92. The van der Waals surface area contributed by atoms with E-state index in [4.69, 9.17) is 0 Å². The first-order chi connectivity index (χ1) is 21.6. The van der Waals surface area contributed by atoms with Gasteiger partial charge in [0, 0.05) is 29.5 Å². The number of anilines is 1. The lowest BCUT2D eigenvalue weighted by molar-refractivity contribution is -0.274. The van der Waals surface area contributed by atoms with Gasteiger partial charge in [-0.15, -0.1) is 18.3 Å². The number of ether oxygens (including phenoxy) is 1. The Kier molecular flexibility index (Phi) is 10.3. The van der Waals surface area contributed by atoms with Crippen LogP contribution < -0.4 is 9.64 Å². The molecule has 1 aliphatic rings. The number of rotatable bonds is 10. The van der Waals surface area contributed by atoms with E-state index in [0.29, 0.717) is 23.9 Å². The molecule has 11 heteroatoms. The number of amides is 1. The average Bonchev–Trinajstić information content (AvgIpc) is 3.50. The highest BCUT2D eigenvalue weighted by Gasteiger charge is 2.31. The minimum absolute atomic E-state index is 0.0850. The minimum atomic E-state index is -4.74. The fourth-order valence-corrected chi connectivity index (χ4v) is 6.46. The van der Waals surface area contributed by atoms with Gasteiger partial charge in [-0.25, -0.2) is 9.67 Å². The van der Waals surface area contributed by atoms with Crippen molar-refractivity contribution in [2.45, 2.75) is 71.2 Å². The van der Waals surface area contributed by atoms with Crippen LogP contribution in [0, 0.1) is 0 Å². The molecule has 5 rings (SSSR count). The standard InChI is InChI=1S/C34H36F3N5O2S/c1-23(2)29-9-5-6-10-30(29)42-24(3)20-21-45-33(42)39-31(43)11-7-4-8-25-12-14-26(15-13-25)32-38-22-41(40-32)27-16-18-28(19-17-27)44-34(35,36)37/h5-6,9-10,12-19,22-24H,4,7-8,11,20-21H2,1-3H3. The molecule has 4 aromatic rings. The van der Waals surface area contributed by atoms with Gasteiger partial charge in [0.1, 0.15) is 12.1 Å². The molecular formula is C34H36F3N5O2S. The van der Waals surface area contributed by atoms with Crippen LogP contribution in [0.3, 0.4) is 0 Å². The summed E-state index contributed by atoms with van der Waals surface area (Å²) in [6.07, 6.45) is 0.658. The summed E-state index contributed by atoms with van der Waals surface area (Å²) in [5, 5.41) is 5.25. The van der Waals surface area contributed by atoms with Crippen LogP contribution in [0.1, 0.15) is 63.5 Å². The van der Waals surface area contributed by atoms with Gasteiger partial charge in [-0.2, -0.15) is 4.99 Å². The number of hydrogen-bond acceptors (Lipinski definition) is 5. The molecule has 1 aromatic heterocycles. The first-order valence-electron chi connectivity index (χ1n) is 15.1. The summed E-state index contributed by atoms with van der Waals surface area (Å²) in [7, 11) is 0. The fraction of sp³-hybridized carbons (Fsp3) is 0.353. The minimum Gasteiger partial charge on any atom is -0.406 e. The number of alkyl halides is 3. The zero-order chi connectivity index (χ0) is 32.0. The highest BCUT2D eigenvalue weighted by molar-refractivity contribution is 8.14. The van der Waals surface area contributed by atoms with Crippen LogP contribution >= 0.6 is 11.8 Å². The van der Waals surface area contributed by atoms with E-state index in [1.54, 1.807) is 11.8 Å². The zero-order valence-electron chi connectivity index (χ0n) is 25.5. The number of nitrogens with zero attached hydrogens (tertiary/aromatic N) is 5. The Hall–Kier alpha value is -4.12. The van der Waals surface area contributed by atoms with Crippen LogP contribution in [0.2, 0.25) is 0 Å². The number of hydrogen-bond donors (Lipinski definition) is 0. The molecule has 1 saturated heterocycles. The van der Waals surface area contributed by atoms with Crippen LogP contribution in [-0.2, 0) is 11.2 Å². The Labute approximate surface area is 265 Å². The van der Waals surface area contributed by atoms with E-state index in [2.05, 4.69) is 63.7 Å². The van der Waals surface area contributed by atoms with E-state index in [1.165, 1.54) is 40.8 Å². The summed E-state index contributed by atoms with van der Waals surface area (Å²) in [6.45, 7) is 6.57. The van der Waals surface area contributed by atoms with Gasteiger partial charge in [0.25, 0.3) is 0 Å². The number of carbonyl (C=O) groups excluding carboxylic acids is 1. The number of halogens is 3. The van der Waals surface area contributed by atoms with Crippen molar-refractivity contribution in [1.29, 1.82) is 0 Å².